The third-order valence-corrected chi connectivity index (χ3v) is 24.5. The molecule has 0 aromatic rings. The molecule has 0 aliphatic carbocycles. The Morgan fingerprint density at radius 2 is 0.864 bits per heavy atom. The van der Waals surface area contributed by atoms with Gasteiger partial charge in [-0.05, 0) is 63.7 Å². The standard InChI is InChI=1S/C8Br14/c9-1(2(10)4(12)13)3(11)5(14,15)6(16,17)7(18,19)8(20,21)22. The van der Waals surface area contributed by atoms with Crippen molar-refractivity contribution in [3.05, 3.63) is 16.8 Å². The van der Waals surface area contributed by atoms with Crippen LogP contribution in [0.25, 0.3) is 0 Å². The van der Waals surface area contributed by atoms with Crippen molar-refractivity contribution in [3.8, 4) is 0 Å². The van der Waals surface area contributed by atoms with Crippen LogP contribution >= 0.6 is 223 Å². The summed E-state index contributed by atoms with van der Waals surface area (Å²) in [6.45, 7) is 0. The van der Waals surface area contributed by atoms with E-state index < -0.39 is 11.8 Å². The van der Waals surface area contributed by atoms with E-state index in [1.807, 2.05) is 0 Å². The number of rotatable bonds is 4. The van der Waals surface area contributed by atoms with E-state index in [-0.39, 0.29) is 0 Å². The maximum absolute atomic E-state index is 3.72. The Hall–Kier alpha value is 6.20. The molecule has 0 rings (SSSR count). The third-order valence-electron chi connectivity index (χ3n) is 1.97. The summed E-state index contributed by atoms with van der Waals surface area (Å²) in [6, 6.07) is 0. The molecule has 0 aromatic carbocycles. The lowest BCUT2D eigenvalue weighted by Crippen LogP contribution is -2.54. The van der Waals surface area contributed by atoms with E-state index in [4.69, 9.17) is 0 Å². The lowest BCUT2D eigenvalue weighted by molar-refractivity contribution is 0.780. The quantitative estimate of drug-likeness (QED) is 0.194. The molecule has 0 heterocycles. The van der Waals surface area contributed by atoms with Gasteiger partial charge in [-0.2, -0.15) is 0 Å². The fourth-order valence-corrected chi connectivity index (χ4v) is 10.4. The van der Waals surface area contributed by atoms with Crippen LogP contribution in [-0.4, -0.2) is 11.8 Å². The summed E-state index contributed by atoms with van der Waals surface area (Å²) in [6.07, 6.45) is 0. The molecule has 0 unspecified atom stereocenters. The molecule has 14 heteroatoms. The van der Waals surface area contributed by atoms with E-state index >= 15 is 0 Å². The lowest BCUT2D eigenvalue weighted by atomic mass is 10.2. The van der Waals surface area contributed by atoms with Gasteiger partial charge in [-0.15, -0.1) is 0 Å². The Balaban J connectivity index is 6.25. The molecule has 0 fully saturated rings. The van der Waals surface area contributed by atoms with Gasteiger partial charge >= 0.3 is 0 Å². The van der Waals surface area contributed by atoms with Gasteiger partial charge in [0.1, 0.15) is 9.70 Å². The van der Waals surface area contributed by atoms with Crippen molar-refractivity contribution in [2.45, 2.75) is 11.8 Å². The number of halogens is 14. The molecule has 0 bridgehead atoms. The Labute approximate surface area is 246 Å². The van der Waals surface area contributed by atoms with Crippen molar-refractivity contribution in [1.82, 2.24) is 0 Å². The molecule has 0 aromatic heterocycles. The lowest BCUT2D eigenvalue weighted by Gasteiger charge is -2.47. The van der Waals surface area contributed by atoms with Crippen LogP contribution in [0, 0.1) is 0 Å². The molecular formula is C8Br14. The normalized spacial score (nSPS) is 15.5. The van der Waals surface area contributed by atoms with Crippen molar-refractivity contribution in [2.24, 2.45) is 0 Å². The van der Waals surface area contributed by atoms with Gasteiger partial charge in [0.15, 0.2) is 2.14 Å². The van der Waals surface area contributed by atoms with Gasteiger partial charge in [0.05, 0.1) is 7.87 Å². The van der Waals surface area contributed by atoms with Gasteiger partial charge in [-0.1, -0.05) is 159 Å². The topological polar surface area (TPSA) is 0 Å². The van der Waals surface area contributed by atoms with Crippen LogP contribution in [0.3, 0.4) is 0 Å². The summed E-state index contributed by atoms with van der Waals surface area (Å²) in [5.74, 6) is 0. The monoisotopic (exact) mass is 1200 g/mol. The van der Waals surface area contributed by atoms with Crippen molar-refractivity contribution in [1.29, 1.82) is 0 Å². The molecule has 0 saturated heterocycles. The van der Waals surface area contributed by atoms with Crippen LogP contribution in [0.1, 0.15) is 0 Å². The number of hydrogen-bond acceptors (Lipinski definition) is 0. The first-order chi connectivity index (χ1) is 9.43. The molecule has 0 aliphatic heterocycles. The van der Waals surface area contributed by atoms with E-state index in [0.717, 1.165) is 16.8 Å². The highest BCUT2D eigenvalue weighted by Gasteiger charge is 2.65. The average Bonchev–Trinajstić information content (AvgIpc) is 2.33. The predicted molar refractivity (Wildman–Crippen MR) is 150 cm³/mol. The van der Waals surface area contributed by atoms with E-state index in [2.05, 4.69) is 223 Å². The minimum atomic E-state index is -0.805. The molecular weight excluding hydrogens is 1210 g/mol. The van der Waals surface area contributed by atoms with Crippen molar-refractivity contribution < 1.29 is 0 Å². The number of allylic oxidation sites excluding steroid dienone is 3. The second-order valence-corrected chi connectivity index (χ2v) is 25.5. The van der Waals surface area contributed by atoms with Crippen molar-refractivity contribution >= 4 is 223 Å². The third kappa shape index (κ3) is 6.35. The molecule has 0 aliphatic rings. The van der Waals surface area contributed by atoms with Gasteiger partial charge < -0.3 is 0 Å². The zero-order valence-corrected chi connectivity index (χ0v) is 31.5. The van der Waals surface area contributed by atoms with Crippen LogP contribution in [0.5, 0.6) is 0 Å². The first-order valence-electron chi connectivity index (χ1n) is 4.40. The maximum Gasteiger partial charge on any atom is 0.162 e. The van der Waals surface area contributed by atoms with Crippen LogP contribution in [0.15, 0.2) is 16.8 Å². The molecule has 0 atom stereocenters. The fraction of sp³-hybridized carbons (Fsp3) is 0.500. The average molecular weight is 1210 g/mol. The Kier molecular flexibility index (Phi) is 13.4. The van der Waals surface area contributed by atoms with Gasteiger partial charge in [0.25, 0.3) is 0 Å². The van der Waals surface area contributed by atoms with E-state index in [1.165, 1.54) is 0 Å². The first kappa shape index (κ1) is 28.2. The van der Waals surface area contributed by atoms with Gasteiger partial charge in [-0.25, -0.2) is 0 Å². The largest absolute Gasteiger partial charge is 0.162 e. The maximum atomic E-state index is 3.72. The van der Waals surface area contributed by atoms with Gasteiger partial charge in [0, 0.05) is 8.96 Å². The molecule has 0 spiro atoms. The van der Waals surface area contributed by atoms with Crippen molar-refractivity contribution in [2.75, 3.05) is 0 Å². The highest BCUT2D eigenvalue weighted by Crippen LogP contribution is 2.70. The van der Waals surface area contributed by atoms with Crippen LogP contribution in [-0.2, 0) is 0 Å². The van der Waals surface area contributed by atoms with E-state index in [0.29, 0.717) is 0 Å². The predicted octanol–water partition coefficient (Wildman–Crippen LogP) is 11.6. The molecule has 130 valence electrons. The minimum Gasteiger partial charge on any atom is -0.0671 e. The summed E-state index contributed by atoms with van der Waals surface area (Å²) in [4.78, 5) is 0. The second-order valence-electron chi connectivity index (χ2n) is 3.42. The highest BCUT2D eigenvalue weighted by molar-refractivity contribution is 9.42. The second kappa shape index (κ2) is 10.5. The SMILES string of the molecule is BrC(Br)=C(Br)C(Br)=C(Br)C(Br)(Br)C(Br)(Br)C(Br)(Br)C(Br)(Br)Br. The minimum absolute atomic E-state index is 0.692. The van der Waals surface area contributed by atoms with Crippen molar-refractivity contribution in [3.63, 3.8) is 0 Å². The molecule has 0 N–H and O–H groups in total. The van der Waals surface area contributed by atoms with Gasteiger partial charge in [0.2, 0.25) is 0 Å². The molecule has 0 nitrogen and oxygen atoms in total. The van der Waals surface area contributed by atoms with Crippen LogP contribution in [0.2, 0.25) is 0 Å². The summed E-state index contributed by atoms with van der Waals surface area (Å²) >= 11 is 50.1. The Morgan fingerprint density at radius 3 is 1.14 bits per heavy atom. The summed E-state index contributed by atoms with van der Waals surface area (Å²) < 4.78 is 0.0217. The summed E-state index contributed by atoms with van der Waals surface area (Å²) in [7, 11) is 0. The zero-order valence-electron chi connectivity index (χ0n) is 9.29. The molecule has 0 saturated carbocycles. The molecule has 0 radical (unpaired) electrons. The summed E-state index contributed by atoms with van der Waals surface area (Å²) in [5.41, 5.74) is 0. The van der Waals surface area contributed by atoms with Crippen LogP contribution in [0.4, 0.5) is 0 Å². The number of alkyl halides is 9. The first-order valence-corrected chi connectivity index (χ1v) is 15.5. The van der Waals surface area contributed by atoms with E-state index in [9.17, 15) is 0 Å². The zero-order chi connectivity index (χ0) is 18.3. The summed E-state index contributed by atoms with van der Waals surface area (Å²) in [5, 5.41) is 0. The highest BCUT2D eigenvalue weighted by atomic mass is 80.0. The smallest absolute Gasteiger partial charge is 0.0671 e. The van der Waals surface area contributed by atoms with Gasteiger partial charge in [-0.3, -0.25) is 0 Å². The fourth-order valence-electron chi connectivity index (χ4n) is 0.830. The van der Waals surface area contributed by atoms with E-state index in [1.54, 1.807) is 0 Å². The Morgan fingerprint density at radius 1 is 0.500 bits per heavy atom. The number of hydrogen-bond donors (Lipinski definition) is 0. The molecule has 22 heavy (non-hydrogen) atoms. The van der Waals surface area contributed by atoms with Crippen LogP contribution < -0.4 is 0 Å². The molecule has 0 amide bonds. The Bertz CT molecular complexity index is 487.